The number of nitrogens with zero attached hydrogens (tertiary/aromatic N) is 4. The van der Waals surface area contributed by atoms with Crippen molar-refractivity contribution in [3.8, 4) is 22.3 Å². The van der Waals surface area contributed by atoms with Gasteiger partial charge >= 0.3 is 422 Å². The predicted octanol–water partition coefficient (Wildman–Crippen LogP) is 27.7. The van der Waals surface area contributed by atoms with Crippen LogP contribution in [-0.4, -0.2) is 54.2 Å². The number of unbranched alkanes of at least 4 members (excludes halogenated alkanes) is 44. The van der Waals surface area contributed by atoms with Crippen molar-refractivity contribution in [1.82, 2.24) is 17.5 Å². The van der Waals surface area contributed by atoms with Crippen LogP contribution in [0, 0.1) is 0 Å². The third kappa shape index (κ3) is 22.0. The predicted molar refractivity (Wildman–Crippen MR) is 410 cm³/mol. The second kappa shape index (κ2) is 41.2. The molecule has 90 heavy (non-hydrogen) atoms. The van der Waals surface area contributed by atoms with Crippen molar-refractivity contribution in [2.24, 2.45) is 0 Å². The minimum atomic E-state index is -2.73. The molecule has 5 aromatic rings. The third-order valence-corrected chi connectivity index (χ3v) is 34.7. The molecule has 0 radical (unpaired) electrons. The van der Waals surface area contributed by atoms with Crippen molar-refractivity contribution in [3.63, 3.8) is 0 Å². The summed E-state index contributed by atoms with van der Waals surface area (Å²) >= 11 is -2.47. The molecular formula is C82H138N4S2Sn2. The van der Waals surface area contributed by atoms with Crippen molar-refractivity contribution < 1.29 is 0 Å². The van der Waals surface area contributed by atoms with E-state index in [0.29, 0.717) is 0 Å². The van der Waals surface area contributed by atoms with E-state index in [1.54, 1.807) is 40.5 Å². The van der Waals surface area contributed by atoms with E-state index in [4.69, 9.17) is 17.5 Å². The van der Waals surface area contributed by atoms with Crippen molar-refractivity contribution in [2.75, 3.05) is 0 Å². The summed E-state index contributed by atoms with van der Waals surface area (Å²) < 4.78 is 24.8. The molecule has 0 aliphatic heterocycles. The molecule has 0 saturated carbocycles. The molecule has 0 spiro atoms. The molecule has 2 aromatic heterocycles. The zero-order chi connectivity index (χ0) is 63.9. The van der Waals surface area contributed by atoms with Gasteiger partial charge in [-0.25, -0.2) is 0 Å². The summed E-state index contributed by atoms with van der Waals surface area (Å²) in [5.74, 6) is 0. The van der Waals surface area contributed by atoms with Crippen LogP contribution in [0.4, 0.5) is 0 Å². The van der Waals surface area contributed by atoms with Crippen LogP contribution >= 0.6 is 23.5 Å². The molecule has 0 fully saturated rings. The molecule has 0 saturated heterocycles. The van der Waals surface area contributed by atoms with Crippen LogP contribution in [0.1, 0.15) is 384 Å². The molecule has 506 valence electrons. The molecule has 0 bridgehead atoms. The van der Waals surface area contributed by atoms with Gasteiger partial charge in [0.2, 0.25) is 0 Å². The van der Waals surface area contributed by atoms with Crippen molar-refractivity contribution in [2.45, 2.75) is 402 Å². The SMILES string of the molecule is CCCCCCCCCCCCCCC1(CCCCCCCCCCCCCC)c2cc3c(cc2-c2c1c[c]([Sn]([CH3])([CH3])[CH3])c1nsnc21)C(CCCCCCCCCCCCCC)(CCCCCCCCCCCCCC)c1c[c]([Sn]([CH3])([CH3])[CH3])c2nsnc2c1-3. The Kier molecular flexibility index (Phi) is 34.9. The Morgan fingerprint density at radius 3 is 0.667 bits per heavy atom. The fraction of sp³-hybridized carbons (Fsp3) is 0.780. The monoisotopic (exact) mass is 1480 g/mol. The van der Waals surface area contributed by atoms with E-state index < -0.39 is 36.8 Å². The molecule has 0 amide bonds. The summed E-state index contributed by atoms with van der Waals surface area (Å²) in [5.41, 5.74) is 17.5. The first-order chi connectivity index (χ1) is 43.9. The molecule has 0 unspecified atom stereocenters. The van der Waals surface area contributed by atoms with E-state index in [9.17, 15) is 0 Å². The Morgan fingerprint density at radius 1 is 0.256 bits per heavy atom. The quantitative estimate of drug-likeness (QED) is 0.0288. The van der Waals surface area contributed by atoms with Gasteiger partial charge in [0.1, 0.15) is 0 Å². The maximum absolute atomic E-state index is 5.48. The summed E-state index contributed by atoms with van der Waals surface area (Å²) in [6, 6.07) is 11.4. The van der Waals surface area contributed by atoms with Gasteiger partial charge in [0.25, 0.3) is 0 Å². The van der Waals surface area contributed by atoms with E-state index in [1.807, 2.05) is 0 Å². The molecular weight excluding hydrogens is 1340 g/mol. The van der Waals surface area contributed by atoms with E-state index in [0.717, 1.165) is 0 Å². The Labute approximate surface area is 572 Å². The van der Waals surface area contributed by atoms with E-state index >= 15 is 0 Å². The zero-order valence-electron chi connectivity index (χ0n) is 60.7. The zero-order valence-corrected chi connectivity index (χ0v) is 68.0. The molecule has 2 heterocycles. The van der Waals surface area contributed by atoms with Crippen LogP contribution in [0.15, 0.2) is 24.3 Å². The van der Waals surface area contributed by atoms with Gasteiger partial charge in [-0.3, -0.25) is 0 Å². The van der Waals surface area contributed by atoms with Gasteiger partial charge in [-0.2, -0.15) is 0 Å². The summed E-state index contributed by atoms with van der Waals surface area (Å²) in [7, 11) is 0. The van der Waals surface area contributed by atoms with Gasteiger partial charge < -0.3 is 0 Å². The Hall–Kier alpha value is -1.10. The molecule has 4 nitrogen and oxygen atoms in total. The van der Waals surface area contributed by atoms with Crippen LogP contribution in [-0.2, 0) is 10.8 Å². The topological polar surface area (TPSA) is 51.6 Å². The van der Waals surface area contributed by atoms with E-state index in [2.05, 4.69) is 81.6 Å². The number of fused-ring (bicyclic) bond motifs is 10. The van der Waals surface area contributed by atoms with Gasteiger partial charge in [0.15, 0.2) is 0 Å². The average molecular weight is 1480 g/mol. The molecule has 8 heteroatoms. The number of hydrogen-bond donors (Lipinski definition) is 0. The standard InChI is InChI=1S/C76H120N4S2.6CH3.2Sn/c1-5-9-13-17-21-25-29-33-37-41-45-49-57-75(58-50-46-42-38-34-30-26-22-18-14-10-6-2)65-53-55-69-73(79-81-77-69)71(65)63-62-68-64(61-67(63)75)72-66(54-56-70-74(72)80-82-78-70)76(68,59-51-47-43-39-35-31-27-23-19-15-11-7-3)60-52-48-44-40-36-32-28-24-20-16-12-8-4;;;;;;;;/h53-54,61-62H,5-52,57-60H2,1-4H3;6*1H3;;. The van der Waals surface area contributed by atoms with Crippen molar-refractivity contribution >= 4 is 89.4 Å². The Bertz CT molecular complexity index is 2530. The van der Waals surface area contributed by atoms with Crippen molar-refractivity contribution in [3.05, 3.63) is 46.5 Å². The van der Waals surface area contributed by atoms with Crippen LogP contribution in [0.2, 0.25) is 29.6 Å². The number of rotatable bonds is 54. The summed E-state index contributed by atoms with van der Waals surface area (Å²) in [5, 5.41) is 0. The number of aromatic nitrogens is 4. The van der Waals surface area contributed by atoms with Crippen LogP contribution in [0.5, 0.6) is 0 Å². The normalized spacial score (nSPS) is 14.2. The second-order valence-corrected chi connectivity index (χ2v) is 61.6. The van der Waals surface area contributed by atoms with E-state index in [1.165, 1.54) is 391 Å². The van der Waals surface area contributed by atoms with Gasteiger partial charge in [-0.1, -0.05) is 156 Å². The minimum absolute atomic E-state index is 0.0436. The fourth-order valence-electron chi connectivity index (χ4n) is 16.8. The summed E-state index contributed by atoms with van der Waals surface area (Å²) in [6.07, 6.45) is 71.8. The van der Waals surface area contributed by atoms with Crippen LogP contribution in [0.3, 0.4) is 0 Å². The van der Waals surface area contributed by atoms with Gasteiger partial charge in [0, 0.05) is 0 Å². The maximum atomic E-state index is 5.48. The molecule has 7 rings (SSSR count). The first-order valence-corrected chi connectivity index (χ1v) is 61.1. The number of hydrogen-bond acceptors (Lipinski definition) is 6. The summed E-state index contributed by atoms with van der Waals surface area (Å²) in [4.78, 5) is 15.9. The van der Waals surface area contributed by atoms with Gasteiger partial charge in [-0.05, 0) is 0 Å². The molecule has 0 N–H and O–H groups in total. The fourth-order valence-corrected chi connectivity index (χ4v) is 26.8. The van der Waals surface area contributed by atoms with Crippen LogP contribution < -0.4 is 7.16 Å². The van der Waals surface area contributed by atoms with E-state index in [-0.39, 0.29) is 10.8 Å². The average Bonchev–Trinajstić information content (AvgIpc) is 1.52. The first-order valence-electron chi connectivity index (χ1n) is 39.7. The Morgan fingerprint density at radius 2 is 0.456 bits per heavy atom. The third-order valence-electron chi connectivity index (χ3n) is 22.3. The molecule has 0 atom stereocenters. The number of benzene rings is 3. The van der Waals surface area contributed by atoms with Gasteiger partial charge in [-0.15, -0.1) is 0 Å². The summed E-state index contributed by atoms with van der Waals surface area (Å²) in [6.45, 7) is 9.36. The first kappa shape index (κ1) is 76.3. The molecule has 3 aromatic carbocycles. The van der Waals surface area contributed by atoms with Crippen LogP contribution in [0.25, 0.3) is 44.3 Å². The molecule has 2 aliphatic rings. The van der Waals surface area contributed by atoms with Crippen molar-refractivity contribution in [1.29, 1.82) is 0 Å². The second-order valence-electron chi connectivity index (χ2n) is 31.8. The van der Waals surface area contributed by atoms with Gasteiger partial charge in [0.05, 0.1) is 0 Å². The molecule has 2 aliphatic carbocycles. The Balaban J connectivity index is 1.28.